The summed E-state index contributed by atoms with van der Waals surface area (Å²) in [4.78, 5) is 2.38. The summed E-state index contributed by atoms with van der Waals surface area (Å²) < 4.78 is 2.59. The number of anilines is 3. The molecule has 59 heavy (non-hydrogen) atoms. The summed E-state index contributed by atoms with van der Waals surface area (Å²) in [5.74, 6) is 0. The van der Waals surface area contributed by atoms with Gasteiger partial charge in [0.05, 0.1) is 5.41 Å². The zero-order chi connectivity index (χ0) is 38.7. The summed E-state index contributed by atoms with van der Waals surface area (Å²) in [6, 6.07) is 79.2. The number of para-hydroxylation sites is 1. The first-order chi connectivity index (χ1) is 29.2. The maximum absolute atomic E-state index is 2.46. The number of hydrogen-bond donors (Lipinski definition) is 0. The smallest absolute Gasteiger partial charge is 0.0731 e. The van der Waals surface area contributed by atoms with Gasteiger partial charge in [0.2, 0.25) is 0 Å². The summed E-state index contributed by atoms with van der Waals surface area (Å²) in [5.41, 5.74) is 16.3. The highest BCUT2D eigenvalue weighted by molar-refractivity contribution is 7.25. The Labute approximate surface area is 346 Å². The lowest BCUT2D eigenvalue weighted by Gasteiger charge is -2.31. The Bertz CT molecular complexity index is 3520. The van der Waals surface area contributed by atoms with E-state index in [1.54, 1.807) is 0 Å². The van der Waals surface area contributed by atoms with E-state index in [1.165, 1.54) is 97.4 Å². The van der Waals surface area contributed by atoms with Gasteiger partial charge in [-0.1, -0.05) is 152 Å². The Morgan fingerprint density at radius 2 is 0.898 bits per heavy atom. The third-order valence-electron chi connectivity index (χ3n) is 13.0. The van der Waals surface area contributed by atoms with Gasteiger partial charge in [-0.2, -0.15) is 0 Å². The fourth-order valence-corrected chi connectivity index (χ4v) is 11.6. The monoisotopic (exact) mass is 765 g/mol. The summed E-state index contributed by atoms with van der Waals surface area (Å²) >= 11 is 1.87. The number of hydrogen-bond acceptors (Lipinski definition) is 2. The molecule has 1 unspecified atom stereocenters. The molecule has 0 fully saturated rings. The molecule has 1 heterocycles. The molecule has 2 aliphatic carbocycles. The standard InChI is InChI=1S/C57H35NS/c1-2-15-41(16-3-1)58(42-26-22-36-12-4-5-14-38(36)32-42)43-27-31-55-50(35-43)49-34-40(25-30-54(49)59-55)39-24-29-53-48(33-39)46-19-9-11-21-52(46)57(53)51-20-10-8-18-45(51)47-28-23-37-13-6-7-17-44(37)56(47)57/h1-35H. The second-order valence-corrected chi connectivity index (χ2v) is 17.1. The van der Waals surface area contributed by atoms with Crippen molar-refractivity contribution in [3.8, 4) is 33.4 Å². The lowest BCUT2D eigenvalue weighted by molar-refractivity contribution is 0.801. The maximum atomic E-state index is 2.46. The number of rotatable bonds is 4. The van der Waals surface area contributed by atoms with Crippen molar-refractivity contribution in [1.29, 1.82) is 0 Å². The van der Waals surface area contributed by atoms with Gasteiger partial charge in [0.15, 0.2) is 0 Å². The van der Waals surface area contributed by atoms with Gasteiger partial charge in [0.25, 0.3) is 0 Å². The molecule has 0 bridgehead atoms. The molecule has 2 aliphatic rings. The summed E-state index contributed by atoms with van der Waals surface area (Å²) in [7, 11) is 0. The van der Waals surface area contributed by atoms with Gasteiger partial charge in [-0.15, -0.1) is 11.3 Å². The molecule has 13 rings (SSSR count). The Kier molecular flexibility index (Phi) is 6.87. The van der Waals surface area contributed by atoms with Crippen molar-refractivity contribution in [2.24, 2.45) is 0 Å². The first kappa shape index (κ1) is 32.8. The Hall–Kier alpha value is -7.26. The van der Waals surface area contributed by atoms with Crippen LogP contribution in [-0.2, 0) is 5.41 Å². The molecule has 1 nitrogen and oxygen atoms in total. The van der Waals surface area contributed by atoms with Crippen LogP contribution in [0.15, 0.2) is 212 Å². The van der Waals surface area contributed by atoms with E-state index in [0.29, 0.717) is 0 Å². The van der Waals surface area contributed by atoms with Crippen molar-refractivity contribution in [1.82, 2.24) is 0 Å². The van der Waals surface area contributed by atoms with Gasteiger partial charge in [-0.05, 0) is 138 Å². The SMILES string of the molecule is c1ccc(N(c2ccc3ccccc3c2)c2ccc3sc4ccc(-c5ccc6c(c5)-c5ccccc5C65c6ccccc6-c6ccc7ccccc7c65)cc4c3c2)cc1. The molecule has 0 N–H and O–H groups in total. The van der Waals surface area contributed by atoms with Crippen molar-refractivity contribution in [3.63, 3.8) is 0 Å². The van der Waals surface area contributed by atoms with Gasteiger partial charge in [0, 0.05) is 37.2 Å². The second kappa shape index (κ2) is 12.4. The number of nitrogens with zero attached hydrogens (tertiary/aromatic N) is 1. The van der Waals surface area contributed by atoms with Crippen LogP contribution in [0.1, 0.15) is 22.3 Å². The van der Waals surface area contributed by atoms with E-state index in [9.17, 15) is 0 Å². The van der Waals surface area contributed by atoms with E-state index in [2.05, 4.69) is 217 Å². The summed E-state index contributed by atoms with van der Waals surface area (Å²) in [6.07, 6.45) is 0. The zero-order valence-corrected chi connectivity index (χ0v) is 32.9. The van der Waals surface area contributed by atoms with Crippen LogP contribution in [-0.4, -0.2) is 0 Å². The fourth-order valence-electron chi connectivity index (χ4n) is 10.5. The van der Waals surface area contributed by atoms with Gasteiger partial charge >= 0.3 is 0 Å². The highest BCUT2D eigenvalue weighted by atomic mass is 32.1. The van der Waals surface area contributed by atoms with Gasteiger partial charge in [0.1, 0.15) is 0 Å². The molecule has 1 atom stereocenters. The largest absolute Gasteiger partial charge is 0.310 e. The van der Waals surface area contributed by atoms with Crippen molar-refractivity contribution >= 4 is 70.1 Å². The molecule has 0 aliphatic heterocycles. The molecule has 10 aromatic carbocycles. The zero-order valence-electron chi connectivity index (χ0n) is 32.1. The molecule has 1 spiro atoms. The van der Waals surface area contributed by atoms with Crippen molar-refractivity contribution in [2.45, 2.75) is 5.41 Å². The quantitative estimate of drug-likeness (QED) is 0.172. The normalized spacial score (nSPS) is 14.8. The van der Waals surface area contributed by atoms with Crippen LogP contribution in [0.4, 0.5) is 17.1 Å². The first-order valence-electron chi connectivity index (χ1n) is 20.4. The number of benzene rings is 10. The van der Waals surface area contributed by atoms with Crippen LogP contribution < -0.4 is 4.90 Å². The predicted octanol–water partition coefficient (Wildman–Crippen LogP) is 15.8. The van der Waals surface area contributed by atoms with Crippen molar-refractivity contribution in [2.75, 3.05) is 4.90 Å². The number of thiophene rings is 1. The number of fused-ring (bicyclic) bond motifs is 16. The lowest BCUT2D eigenvalue weighted by Crippen LogP contribution is -2.26. The lowest BCUT2D eigenvalue weighted by atomic mass is 9.69. The van der Waals surface area contributed by atoms with Crippen LogP contribution in [0.2, 0.25) is 0 Å². The van der Waals surface area contributed by atoms with Crippen LogP contribution in [0.5, 0.6) is 0 Å². The summed E-state index contributed by atoms with van der Waals surface area (Å²) in [5, 5.41) is 7.65. The molecule has 1 aromatic heterocycles. The average molecular weight is 766 g/mol. The Balaban J connectivity index is 0.983. The van der Waals surface area contributed by atoms with E-state index in [4.69, 9.17) is 0 Å². The summed E-state index contributed by atoms with van der Waals surface area (Å²) in [6.45, 7) is 0. The highest BCUT2D eigenvalue weighted by Gasteiger charge is 2.52. The van der Waals surface area contributed by atoms with E-state index < -0.39 is 5.41 Å². The fraction of sp³-hybridized carbons (Fsp3) is 0.0175. The topological polar surface area (TPSA) is 3.24 Å². The van der Waals surface area contributed by atoms with E-state index in [-0.39, 0.29) is 0 Å². The molecule has 0 saturated carbocycles. The molecular weight excluding hydrogens is 731 g/mol. The molecular formula is C57H35NS. The van der Waals surface area contributed by atoms with Crippen molar-refractivity contribution < 1.29 is 0 Å². The van der Waals surface area contributed by atoms with Crippen LogP contribution in [0.25, 0.3) is 75.1 Å². The molecule has 0 amide bonds. The molecule has 274 valence electrons. The van der Waals surface area contributed by atoms with E-state index in [0.717, 1.165) is 17.1 Å². The van der Waals surface area contributed by atoms with Crippen LogP contribution in [0.3, 0.4) is 0 Å². The molecule has 11 aromatic rings. The van der Waals surface area contributed by atoms with E-state index >= 15 is 0 Å². The first-order valence-corrected chi connectivity index (χ1v) is 21.2. The minimum absolute atomic E-state index is 0.392. The van der Waals surface area contributed by atoms with Gasteiger partial charge < -0.3 is 4.90 Å². The molecule has 2 heteroatoms. The minimum atomic E-state index is -0.392. The Morgan fingerprint density at radius 3 is 1.73 bits per heavy atom. The molecule has 0 radical (unpaired) electrons. The predicted molar refractivity (Wildman–Crippen MR) is 251 cm³/mol. The van der Waals surface area contributed by atoms with Crippen LogP contribution in [0, 0.1) is 0 Å². The maximum Gasteiger partial charge on any atom is 0.0731 e. The minimum Gasteiger partial charge on any atom is -0.310 e. The van der Waals surface area contributed by atoms with Gasteiger partial charge in [-0.25, -0.2) is 0 Å². The average Bonchev–Trinajstić information content (AvgIpc) is 3.93. The Morgan fingerprint density at radius 1 is 0.322 bits per heavy atom. The third-order valence-corrected chi connectivity index (χ3v) is 14.2. The van der Waals surface area contributed by atoms with Crippen LogP contribution >= 0.6 is 11.3 Å². The van der Waals surface area contributed by atoms with Gasteiger partial charge in [-0.3, -0.25) is 0 Å². The second-order valence-electron chi connectivity index (χ2n) is 16.0. The third kappa shape index (κ3) is 4.61. The van der Waals surface area contributed by atoms with E-state index in [1.807, 2.05) is 11.3 Å². The molecule has 0 saturated heterocycles. The highest BCUT2D eigenvalue weighted by Crippen LogP contribution is 2.64. The van der Waals surface area contributed by atoms with Crippen molar-refractivity contribution in [3.05, 3.63) is 235 Å².